The normalized spacial score (nSPS) is 16.5. The van der Waals surface area contributed by atoms with Crippen molar-refractivity contribution in [2.45, 2.75) is 25.4 Å². The highest BCUT2D eigenvalue weighted by atomic mass is 19.1. The predicted octanol–water partition coefficient (Wildman–Crippen LogP) is 2.78. The molecule has 0 radical (unpaired) electrons. The van der Waals surface area contributed by atoms with Crippen LogP contribution in [0.1, 0.15) is 18.4 Å². The number of halogens is 1. The molecule has 0 spiro atoms. The van der Waals surface area contributed by atoms with Gasteiger partial charge in [0.2, 0.25) is 0 Å². The first-order valence-corrected chi connectivity index (χ1v) is 8.89. The van der Waals surface area contributed by atoms with Crippen LogP contribution >= 0.6 is 0 Å². The number of rotatable bonds is 6. The lowest BCUT2D eigenvalue weighted by Gasteiger charge is -2.37. The van der Waals surface area contributed by atoms with Crippen molar-refractivity contribution in [3.63, 3.8) is 0 Å². The Bertz CT molecular complexity index is 672. The monoisotopic (exact) mass is 343 g/mol. The topological polar surface area (TPSA) is 39.6 Å². The Kier molecular flexibility index (Phi) is 6.13. The molecule has 0 aliphatic carbocycles. The van der Waals surface area contributed by atoms with E-state index in [-0.39, 0.29) is 12.4 Å². The van der Waals surface area contributed by atoms with Crippen LogP contribution in [0.3, 0.4) is 0 Å². The van der Waals surface area contributed by atoms with Crippen LogP contribution in [0, 0.1) is 5.82 Å². The van der Waals surface area contributed by atoms with Crippen LogP contribution in [0.4, 0.5) is 4.39 Å². The SMILES string of the molecule is CN1CCC(N(CCO)Cc2ccc(-c3ccncc3)cc2F)CC1. The first-order valence-electron chi connectivity index (χ1n) is 8.89. The maximum absolute atomic E-state index is 14.7. The van der Waals surface area contributed by atoms with E-state index in [1.165, 1.54) is 0 Å². The third-order valence-corrected chi connectivity index (χ3v) is 5.03. The average molecular weight is 343 g/mol. The van der Waals surface area contributed by atoms with Gasteiger partial charge in [-0.3, -0.25) is 9.88 Å². The fourth-order valence-electron chi connectivity index (χ4n) is 3.50. The average Bonchev–Trinajstić information content (AvgIpc) is 2.64. The summed E-state index contributed by atoms with van der Waals surface area (Å²) >= 11 is 0. The molecule has 0 saturated carbocycles. The maximum atomic E-state index is 14.7. The zero-order valence-corrected chi connectivity index (χ0v) is 14.7. The minimum absolute atomic E-state index is 0.100. The molecule has 1 aromatic carbocycles. The maximum Gasteiger partial charge on any atom is 0.128 e. The standard InChI is InChI=1S/C20H26FN3O/c1-23-10-6-19(7-11-23)24(12-13-25)15-18-3-2-17(14-20(18)21)16-4-8-22-9-5-16/h2-5,8-9,14,19,25H,6-7,10-13,15H2,1H3. The van der Waals surface area contributed by atoms with Crippen molar-refractivity contribution in [1.29, 1.82) is 0 Å². The molecule has 2 heterocycles. The molecular formula is C20H26FN3O. The number of hydrogen-bond donors (Lipinski definition) is 1. The molecule has 0 unspecified atom stereocenters. The Morgan fingerprint density at radius 2 is 1.88 bits per heavy atom. The smallest absolute Gasteiger partial charge is 0.128 e. The molecule has 0 bridgehead atoms. The lowest BCUT2D eigenvalue weighted by molar-refractivity contribution is 0.0932. The summed E-state index contributed by atoms with van der Waals surface area (Å²) in [4.78, 5) is 8.54. The van der Waals surface area contributed by atoms with Crippen molar-refractivity contribution in [1.82, 2.24) is 14.8 Å². The van der Waals surface area contributed by atoms with Gasteiger partial charge in [-0.25, -0.2) is 4.39 Å². The van der Waals surface area contributed by atoms with Gasteiger partial charge in [0, 0.05) is 37.1 Å². The van der Waals surface area contributed by atoms with Crippen molar-refractivity contribution in [2.75, 3.05) is 33.3 Å². The number of likely N-dealkylation sites (tertiary alicyclic amines) is 1. The molecule has 25 heavy (non-hydrogen) atoms. The number of aliphatic hydroxyl groups excluding tert-OH is 1. The summed E-state index contributed by atoms with van der Waals surface area (Å²) in [6.07, 6.45) is 5.55. The van der Waals surface area contributed by atoms with Crippen LogP contribution in [0.15, 0.2) is 42.7 Å². The molecule has 1 saturated heterocycles. The van der Waals surface area contributed by atoms with Crippen LogP contribution in [0.2, 0.25) is 0 Å². The van der Waals surface area contributed by atoms with E-state index in [1.54, 1.807) is 18.5 Å². The van der Waals surface area contributed by atoms with Crippen LogP contribution in [-0.2, 0) is 6.54 Å². The molecule has 1 aliphatic rings. The van der Waals surface area contributed by atoms with E-state index in [2.05, 4.69) is 21.8 Å². The van der Waals surface area contributed by atoms with E-state index < -0.39 is 0 Å². The van der Waals surface area contributed by atoms with Crippen molar-refractivity contribution in [3.05, 3.63) is 54.1 Å². The summed E-state index contributed by atoms with van der Waals surface area (Å²) in [5.41, 5.74) is 2.50. The van der Waals surface area contributed by atoms with Gasteiger partial charge in [0.1, 0.15) is 5.82 Å². The molecule has 1 N–H and O–H groups in total. The molecule has 4 nitrogen and oxygen atoms in total. The minimum Gasteiger partial charge on any atom is -0.395 e. The van der Waals surface area contributed by atoms with Gasteiger partial charge in [-0.05, 0) is 62.3 Å². The molecule has 134 valence electrons. The number of aromatic nitrogens is 1. The van der Waals surface area contributed by atoms with E-state index in [1.807, 2.05) is 24.3 Å². The number of piperidine rings is 1. The van der Waals surface area contributed by atoms with E-state index in [0.717, 1.165) is 37.1 Å². The number of pyridine rings is 1. The number of hydrogen-bond acceptors (Lipinski definition) is 4. The molecule has 3 rings (SSSR count). The van der Waals surface area contributed by atoms with Gasteiger partial charge in [-0.15, -0.1) is 0 Å². The van der Waals surface area contributed by atoms with Crippen molar-refractivity contribution in [2.24, 2.45) is 0 Å². The third-order valence-electron chi connectivity index (χ3n) is 5.03. The fraction of sp³-hybridized carbons (Fsp3) is 0.450. The van der Waals surface area contributed by atoms with Crippen molar-refractivity contribution in [3.8, 4) is 11.1 Å². The highest BCUT2D eigenvalue weighted by molar-refractivity contribution is 5.63. The van der Waals surface area contributed by atoms with Gasteiger partial charge >= 0.3 is 0 Å². The summed E-state index contributed by atoms with van der Waals surface area (Å²) < 4.78 is 14.7. The van der Waals surface area contributed by atoms with Gasteiger partial charge < -0.3 is 10.0 Å². The quantitative estimate of drug-likeness (QED) is 0.875. The second kappa shape index (κ2) is 8.52. The van der Waals surface area contributed by atoms with Crippen LogP contribution < -0.4 is 0 Å². The fourth-order valence-corrected chi connectivity index (χ4v) is 3.50. The summed E-state index contributed by atoms with van der Waals surface area (Å²) in [5, 5.41) is 9.41. The highest BCUT2D eigenvalue weighted by Gasteiger charge is 2.23. The summed E-state index contributed by atoms with van der Waals surface area (Å²) in [6, 6.07) is 9.58. The Morgan fingerprint density at radius 1 is 1.16 bits per heavy atom. The van der Waals surface area contributed by atoms with Crippen LogP contribution in [-0.4, -0.2) is 59.2 Å². The summed E-state index contributed by atoms with van der Waals surface area (Å²) in [6.45, 7) is 3.33. The Hall–Kier alpha value is -1.82. The molecule has 1 fully saturated rings. The Labute approximate surface area is 148 Å². The molecule has 0 atom stereocenters. The summed E-state index contributed by atoms with van der Waals surface area (Å²) in [5.74, 6) is -0.190. The Balaban J connectivity index is 1.73. The first-order chi connectivity index (χ1) is 12.2. The van der Waals surface area contributed by atoms with Gasteiger partial charge in [-0.2, -0.15) is 0 Å². The molecule has 5 heteroatoms. The molecule has 1 aromatic heterocycles. The van der Waals surface area contributed by atoms with Gasteiger partial charge in [0.05, 0.1) is 6.61 Å². The van der Waals surface area contributed by atoms with E-state index in [4.69, 9.17) is 0 Å². The van der Waals surface area contributed by atoms with Gasteiger partial charge in [-0.1, -0.05) is 12.1 Å². The lowest BCUT2D eigenvalue weighted by Crippen LogP contribution is -2.44. The second-order valence-electron chi connectivity index (χ2n) is 6.77. The summed E-state index contributed by atoms with van der Waals surface area (Å²) in [7, 11) is 2.13. The lowest BCUT2D eigenvalue weighted by atomic mass is 10.0. The van der Waals surface area contributed by atoms with Crippen molar-refractivity contribution >= 4 is 0 Å². The van der Waals surface area contributed by atoms with E-state index in [0.29, 0.717) is 24.7 Å². The van der Waals surface area contributed by atoms with Gasteiger partial charge in [0.25, 0.3) is 0 Å². The zero-order valence-electron chi connectivity index (χ0n) is 14.7. The highest BCUT2D eigenvalue weighted by Crippen LogP contribution is 2.24. The second-order valence-corrected chi connectivity index (χ2v) is 6.77. The molecular weight excluding hydrogens is 317 g/mol. The van der Waals surface area contributed by atoms with Crippen LogP contribution in [0.5, 0.6) is 0 Å². The molecule has 0 amide bonds. The Morgan fingerprint density at radius 3 is 2.52 bits per heavy atom. The minimum atomic E-state index is -0.190. The van der Waals surface area contributed by atoms with Crippen LogP contribution in [0.25, 0.3) is 11.1 Å². The number of benzene rings is 1. The third kappa shape index (κ3) is 4.63. The molecule has 1 aliphatic heterocycles. The van der Waals surface area contributed by atoms with E-state index >= 15 is 0 Å². The van der Waals surface area contributed by atoms with Crippen molar-refractivity contribution < 1.29 is 9.50 Å². The largest absolute Gasteiger partial charge is 0.395 e. The first kappa shape index (κ1) is 18.0. The number of aliphatic hydroxyl groups is 1. The molecule has 2 aromatic rings. The zero-order chi connectivity index (χ0) is 17.6. The van der Waals surface area contributed by atoms with E-state index in [9.17, 15) is 9.50 Å². The predicted molar refractivity (Wildman–Crippen MR) is 97.6 cm³/mol. The van der Waals surface area contributed by atoms with Gasteiger partial charge in [0.15, 0.2) is 0 Å². The number of nitrogens with zero attached hydrogens (tertiary/aromatic N) is 3.